The molecule has 1 saturated heterocycles. The zero-order chi connectivity index (χ0) is 31.0. The Bertz CT molecular complexity index is 1300. The van der Waals surface area contributed by atoms with Crippen molar-refractivity contribution in [1.82, 2.24) is 4.90 Å². The Morgan fingerprint density at radius 3 is 2.55 bits per heavy atom. The molecule has 6 fully saturated rings. The normalized spacial score (nSPS) is 45.0. The maximum absolute atomic E-state index is 13.5. The van der Waals surface area contributed by atoms with Gasteiger partial charge in [-0.15, -0.1) is 0 Å². The quantitative estimate of drug-likeness (QED) is 0.313. The molecule has 1 spiro atoms. The average Bonchev–Trinajstić information content (AvgIpc) is 3.48. The Kier molecular flexibility index (Phi) is 7.60. The molecule has 1 aliphatic heterocycles. The number of hydrogen-bond acceptors (Lipinski definition) is 9. The highest BCUT2D eigenvalue weighted by Gasteiger charge is 2.84. The Morgan fingerprint density at radius 1 is 1.07 bits per heavy atom. The zero-order valence-corrected chi connectivity index (χ0v) is 27.0. The van der Waals surface area contributed by atoms with Gasteiger partial charge in [0.2, 0.25) is 0 Å². The number of fused-ring (bicyclic) bond motifs is 2. The molecule has 9 heteroatoms. The van der Waals surface area contributed by atoms with Crippen LogP contribution < -0.4 is 9.47 Å². The van der Waals surface area contributed by atoms with Crippen LogP contribution in [0.2, 0.25) is 0 Å². The fraction of sp³-hybridized carbons (Fsp3) is 0.743. The van der Waals surface area contributed by atoms with Crippen LogP contribution in [0.3, 0.4) is 0 Å². The zero-order valence-electron chi connectivity index (χ0n) is 27.0. The first-order valence-corrected chi connectivity index (χ1v) is 16.4. The number of piperidine rings is 1. The lowest BCUT2D eigenvalue weighted by atomic mass is 9.43. The molecule has 0 radical (unpaired) electrons. The predicted molar refractivity (Wildman–Crippen MR) is 163 cm³/mol. The minimum atomic E-state index is -0.988. The molecule has 242 valence electrons. The first kappa shape index (κ1) is 30.5. The predicted octanol–water partition coefficient (Wildman–Crippen LogP) is 3.81. The van der Waals surface area contributed by atoms with Crippen LogP contribution in [-0.2, 0) is 23.7 Å². The monoisotopic (exact) mass is 611 g/mol. The summed E-state index contributed by atoms with van der Waals surface area (Å²) in [5.74, 6) is 1.30. The lowest BCUT2D eigenvalue weighted by molar-refractivity contribution is -0.277. The highest BCUT2D eigenvalue weighted by Crippen LogP contribution is 2.79. The van der Waals surface area contributed by atoms with Gasteiger partial charge in [-0.3, -0.25) is 4.90 Å². The van der Waals surface area contributed by atoms with Crippen molar-refractivity contribution in [2.75, 3.05) is 55.2 Å². The van der Waals surface area contributed by atoms with Gasteiger partial charge < -0.3 is 33.5 Å². The number of methoxy groups -OCH3 is 5. The molecule has 0 aromatic heterocycles. The second kappa shape index (κ2) is 11.0. The van der Waals surface area contributed by atoms with Crippen LogP contribution in [-0.4, -0.2) is 101 Å². The van der Waals surface area contributed by atoms with E-state index in [0.29, 0.717) is 23.8 Å². The average molecular weight is 612 g/mol. The second-order valence-corrected chi connectivity index (χ2v) is 14.3. The summed E-state index contributed by atoms with van der Waals surface area (Å²) in [5.41, 5.74) is -0.273. The molecule has 5 saturated carbocycles. The van der Waals surface area contributed by atoms with E-state index >= 15 is 0 Å². The number of carbonyl (C=O) groups is 1. The van der Waals surface area contributed by atoms with E-state index < -0.39 is 17.7 Å². The molecule has 1 aromatic rings. The van der Waals surface area contributed by atoms with Crippen LogP contribution in [0.1, 0.15) is 44.6 Å². The van der Waals surface area contributed by atoms with Gasteiger partial charge in [0, 0.05) is 75.0 Å². The van der Waals surface area contributed by atoms with Gasteiger partial charge in [-0.1, -0.05) is 13.0 Å². The van der Waals surface area contributed by atoms with Gasteiger partial charge in [-0.05, 0) is 67.8 Å². The summed E-state index contributed by atoms with van der Waals surface area (Å²) in [7, 11) is 8.63. The van der Waals surface area contributed by atoms with E-state index in [1.807, 2.05) is 32.4 Å². The largest absolute Gasteiger partial charge is 0.493 e. The summed E-state index contributed by atoms with van der Waals surface area (Å²) in [6.07, 6.45) is 7.20. The number of nitrogens with zero attached hydrogens (tertiary/aromatic N) is 1. The molecule has 1 unspecified atom stereocenters. The smallest absolute Gasteiger partial charge is 0.331 e. The van der Waals surface area contributed by atoms with Crippen molar-refractivity contribution in [3.05, 3.63) is 29.8 Å². The lowest BCUT2D eigenvalue weighted by Gasteiger charge is -2.69. The van der Waals surface area contributed by atoms with Gasteiger partial charge in [0.25, 0.3) is 0 Å². The van der Waals surface area contributed by atoms with Crippen LogP contribution >= 0.6 is 0 Å². The molecule has 1 heterocycles. The number of aliphatic hydroxyl groups is 1. The number of hydrogen-bond donors (Lipinski definition) is 1. The third kappa shape index (κ3) is 3.92. The summed E-state index contributed by atoms with van der Waals surface area (Å²) in [4.78, 5) is 16.2. The fourth-order valence-corrected chi connectivity index (χ4v) is 12.1. The first-order chi connectivity index (χ1) is 21.3. The van der Waals surface area contributed by atoms with E-state index in [0.717, 1.165) is 50.9 Å². The van der Waals surface area contributed by atoms with Crippen LogP contribution in [0.4, 0.5) is 0 Å². The van der Waals surface area contributed by atoms with Gasteiger partial charge in [0.1, 0.15) is 6.10 Å². The minimum Gasteiger partial charge on any atom is -0.493 e. The molecular formula is C35H49NO8. The molecule has 12 atom stereocenters. The number of benzene rings is 1. The third-order valence-corrected chi connectivity index (χ3v) is 13.2. The molecule has 9 nitrogen and oxygen atoms in total. The van der Waals surface area contributed by atoms with Crippen molar-refractivity contribution in [2.45, 2.75) is 69.0 Å². The molecule has 5 aliphatic carbocycles. The lowest BCUT2D eigenvalue weighted by Crippen LogP contribution is -2.76. The molecular weight excluding hydrogens is 562 g/mol. The molecule has 44 heavy (non-hydrogen) atoms. The SMILES string of the molecule is CCN1C[C@]2(COC)CC[C@H](OC)[C@@]34[C@@H]5C[C@H]6C(OC(=O)/C=C/c7ccc(OC)c(OC)c7)[C@@H]5[C@](O)(C[C@@H]6OC)[C@@H](C[C@H]23)[C@@H]14. The molecule has 7 bridgehead atoms. The minimum absolute atomic E-state index is 0.0227. The van der Waals surface area contributed by atoms with E-state index in [1.54, 1.807) is 27.4 Å². The summed E-state index contributed by atoms with van der Waals surface area (Å²) in [6, 6.07) is 5.75. The molecule has 6 aliphatic rings. The van der Waals surface area contributed by atoms with Gasteiger partial charge in [-0.2, -0.15) is 0 Å². The molecule has 0 amide bonds. The molecule has 1 N–H and O–H groups in total. The van der Waals surface area contributed by atoms with E-state index in [9.17, 15) is 9.90 Å². The maximum Gasteiger partial charge on any atom is 0.331 e. The number of likely N-dealkylation sites (tertiary alicyclic amines) is 1. The van der Waals surface area contributed by atoms with E-state index in [2.05, 4.69) is 11.8 Å². The molecule has 1 aromatic carbocycles. The number of rotatable bonds is 10. The third-order valence-electron chi connectivity index (χ3n) is 13.2. The molecule has 7 rings (SSSR count). The van der Waals surface area contributed by atoms with Crippen molar-refractivity contribution in [2.24, 2.45) is 40.4 Å². The number of esters is 1. The van der Waals surface area contributed by atoms with Gasteiger partial charge in [0.05, 0.1) is 38.6 Å². The summed E-state index contributed by atoms with van der Waals surface area (Å²) < 4.78 is 35.7. The van der Waals surface area contributed by atoms with Crippen molar-refractivity contribution in [3.8, 4) is 11.5 Å². The van der Waals surface area contributed by atoms with Crippen LogP contribution in [0.15, 0.2) is 24.3 Å². The van der Waals surface area contributed by atoms with Crippen LogP contribution in [0.5, 0.6) is 11.5 Å². The van der Waals surface area contributed by atoms with Gasteiger partial charge >= 0.3 is 5.97 Å². The summed E-state index contributed by atoms with van der Waals surface area (Å²) in [5, 5.41) is 13.0. The van der Waals surface area contributed by atoms with E-state index in [1.165, 1.54) is 6.08 Å². The second-order valence-electron chi connectivity index (χ2n) is 14.3. The standard InChI is InChI=1S/C35H49NO8/c1-7-36-18-33(19-39-2)13-12-28(43-6)35-22-15-21-26(42-5)17-34(38,23(32(35)36)16-27(33)35)30(22)31(21)44-29(37)11-9-20-8-10-24(40-3)25(14-20)41-4/h8-11,14,21-23,26-28,30-32,38H,7,12-13,15-19H2,1-6H3/b11-9+/t21-,22-,23+,26+,27-,28+,30-,31?,32-,33+,34+,35-/m1/s1. The topological polar surface area (TPSA) is 95.9 Å². The Balaban J connectivity index is 1.26. The van der Waals surface area contributed by atoms with Crippen molar-refractivity contribution in [1.29, 1.82) is 0 Å². The van der Waals surface area contributed by atoms with Gasteiger partial charge in [-0.25, -0.2) is 4.79 Å². The number of carbonyl (C=O) groups excluding carboxylic acids is 1. The maximum atomic E-state index is 13.5. The fourth-order valence-electron chi connectivity index (χ4n) is 12.1. The summed E-state index contributed by atoms with van der Waals surface area (Å²) in [6.45, 7) is 4.92. The number of ether oxygens (including phenoxy) is 6. The first-order valence-electron chi connectivity index (χ1n) is 16.4. The Hall–Kier alpha value is -2.17. The van der Waals surface area contributed by atoms with Crippen molar-refractivity contribution >= 4 is 12.0 Å². The highest BCUT2D eigenvalue weighted by atomic mass is 16.6. The van der Waals surface area contributed by atoms with E-state index in [-0.39, 0.29) is 52.8 Å². The van der Waals surface area contributed by atoms with Crippen LogP contribution in [0, 0.1) is 40.4 Å². The van der Waals surface area contributed by atoms with Crippen LogP contribution in [0.25, 0.3) is 6.08 Å². The Labute approximate surface area is 261 Å². The highest BCUT2D eigenvalue weighted by molar-refractivity contribution is 5.87. The van der Waals surface area contributed by atoms with Crippen molar-refractivity contribution in [3.63, 3.8) is 0 Å². The summed E-state index contributed by atoms with van der Waals surface area (Å²) >= 11 is 0. The Morgan fingerprint density at radius 2 is 1.86 bits per heavy atom. The van der Waals surface area contributed by atoms with E-state index in [4.69, 9.17) is 28.4 Å². The van der Waals surface area contributed by atoms with Crippen molar-refractivity contribution < 1.29 is 38.3 Å². The van der Waals surface area contributed by atoms with Gasteiger partial charge in [0.15, 0.2) is 11.5 Å².